The van der Waals surface area contributed by atoms with Gasteiger partial charge in [-0.3, -0.25) is 5.32 Å². The van der Waals surface area contributed by atoms with Crippen molar-refractivity contribution >= 4 is 11.9 Å². The van der Waals surface area contributed by atoms with Crippen molar-refractivity contribution in [3.05, 3.63) is 35.4 Å². The van der Waals surface area contributed by atoms with E-state index in [1.807, 2.05) is 6.92 Å². The molecule has 1 aromatic carbocycles. The number of rotatable bonds is 1. The average molecular weight is 309 g/mol. The first-order valence-corrected chi connectivity index (χ1v) is 7.30. The summed E-state index contributed by atoms with van der Waals surface area (Å²) in [7, 11) is 0. The molecule has 7 heteroatoms. The van der Waals surface area contributed by atoms with Crippen LogP contribution < -0.4 is 5.32 Å². The lowest BCUT2D eigenvalue weighted by Gasteiger charge is -2.25. The normalized spacial score (nSPS) is 24.1. The Bertz CT molecular complexity index is 621. The van der Waals surface area contributed by atoms with Crippen molar-refractivity contribution in [3.63, 3.8) is 0 Å². The van der Waals surface area contributed by atoms with E-state index in [1.54, 1.807) is 0 Å². The summed E-state index contributed by atoms with van der Waals surface area (Å²) in [5.74, 6) is -0.546. The van der Waals surface area contributed by atoms with E-state index in [9.17, 15) is 13.6 Å². The van der Waals surface area contributed by atoms with Gasteiger partial charge in [-0.2, -0.15) is 0 Å². The van der Waals surface area contributed by atoms with Crippen LogP contribution in [0.25, 0.3) is 0 Å². The van der Waals surface area contributed by atoms with Crippen LogP contribution in [0.15, 0.2) is 23.4 Å². The third kappa shape index (κ3) is 2.88. The molecule has 118 valence electrons. The number of carbonyl (C=O) groups is 1. The summed E-state index contributed by atoms with van der Waals surface area (Å²) >= 11 is 0. The molecule has 0 aromatic heterocycles. The lowest BCUT2D eigenvalue weighted by Crippen LogP contribution is -2.42. The van der Waals surface area contributed by atoms with Crippen LogP contribution in [0.1, 0.15) is 37.8 Å². The molecule has 0 spiro atoms. The van der Waals surface area contributed by atoms with Gasteiger partial charge in [-0.1, -0.05) is 5.16 Å². The number of nitrogens with zero attached hydrogens (tertiary/aromatic N) is 2. The van der Waals surface area contributed by atoms with Gasteiger partial charge < -0.3 is 9.74 Å². The van der Waals surface area contributed by atoms with Gasteiger partial charge in [0.2, 0.25) is 0 Å². The van der Waals surface area contributed by atoms with Crippen molar-refractivity contribution in [2.24, 2.45) is 5.16 Å². The molecule has 0 bridgehead atoms. The zero-order valence-corrected chi connectivity index (χ0v) is 12.2. The van der Waals surface area contributed by atoms with Crippen LogP contribution in [-0.4, -0.2) is 29.4 Å². The minimum absolute atomic E-state index is 0.0645. The Kier molecular flexibility index (Phi) is 3.96. The van der Waals surface area contributed by atoms with Crippen LogP contribution in [0.3, 0.4) is 0 Å². The van der Waals surface area contributed by atoms with Crippen LogP contribution in [-0.2, 0) is 4.84 Å². The van der Waals surface area contributed by atoms with Gasteiger partial charge in [-0.05, 0) is 38.0 Å². The first-order chi connectivity index (χ1) is 10.5. The minimum Gasteiger partial charge on any atom is -0.391 e. The summed E-state index contributed by atoms with van der Waals surface area (Å²) in [6.45, 7) is 2.35. The number of benzene rings is 1. The van der Waals surface area contributed by atoms with E-state index in [2.05, 4.69) is 10.5 Å². The molecule has 0 radical (unpaired) electrons. The molecular weight excluding hydrogens is 292 g/mol. The SMILES string of the molecule is CC1CC(NC(=O)N2CCCC2c2cc(F)ccc2F)=NO1. The Labute approximate surface area is 126 Å². The molecule has 1 aromatic rings. The second-order valence-corrected chi connectivity index (χ2v) is 5.61. The summed E-state index contributed by atoms with van der Waals surface area (Å²) in [6.07, 6.45) is 1.81. The van der Waals surface area contributed by atoms with Crippen molar-refractivity contribution < 1.29 is 18.4 Å². The molecular formula is C15H17F2N3O2. The Hall–Kier alpha value is -2.18. The number of carbonyl (C=O) groups excluding carboxylic acids is 1. The van der Waals surface area contributed by atoms with Crippen molar-refractivity contribution in [2.75, 3.05) is 6.54 Å². The smallest absolute Gasteiger partial charge is 0.323 e. The van der Waals surface area contributed by atoms with Gasteiger partial charge in [0, 0.05) is 18.5 Å². The van der Waals surface area contributed by atoms with Gasteiger partial charge >= 0.3 is 6.03 Å². The topological polar surface area (TPSA) is 53.9 Å². The van der Waals surface area contributed by atoms with E-state index in [-0.39, 0.29) is 17.7 Å². The van der Waals surface area contributed by atoms with E-state index in [1.165, 1.54) is 4.90 Å². The standard InChI is InChI=1S/C15H17F2N3O2/c1-9-7-14(19-22-9)18-15(21)20-6-2-3-13(20)11-8-10(16)4-5-12(11)17/h4-5,8-9,13H,2-3,6-7H2,1H3,(H,18,19,21). The van der Waals surface area contributed by atoms with Crippen LogP contribution >= 0.6 is 0 Å². The predicted molar refractivity (Wildman–Crippen MR) is 76.2 cm³/mol. The predicted octanol–water partition coefficient (Wildman–Crippen LogP) is 2.93. The van der Waals surface area contributed by atoms with Gasteiger partial charge in [0.25, 0.3) is 0 Å². The molecule has 1 fully saturated rings. The zero-order valence-electron chi connectivity index (χ0n) is 12.2. The highest BCUT2D eigenvalue weighted by Crippen LogP contribution is 2.33. The maximum atomic E-state index is 13.9. The Balaban J connectivity index is 1.75. The molecule has 2 amide bonds. The summed E-state index contributed by atoms with van der Waals surface area (Å²) in [5, 5.41) is 6.46. The van der Waals surface area contributed by atoms with E-state index >= 15 is 0 Å². The third-order valence-corrected chi connectivity index (χ3v) is 3.91. The van der Waals surface area contributed by atoms with Crippen molar-refractivity contribution in [1.29, 1.82) is 0 Å². The number of halogens is 2. The fourth-order valence-electron chi connectivity index (χ4n) is 2.87. The van der Waals surface area contributed by atoms with E-state index < -0.39 is 17.7 Å². The molecule has 22 heavy (non-hydrogen) atoms. The molecule has 2 atom stereocenters. The highest BCUT2D eigenvalue weighted by molar-refractivity contribution is 5.98. The van der Waals surface area contributed by atoms with E-state index in [0.717, 1.165) is 24.6 Å². The van der Waals surface area contributed by atoms with Gasteiger partial charge in [-0.15, -0.1) is 0 Å². The fraction of sp³-hybridized carbons (Fsp3) is 0.467. The van der Waals surface area contributed by atoms with E-state index in [0.29, 0.717) is 25.2 Å². The van der Waals surface area contributed by atoms with Crippen LogP contribution in [0, 0.1) is 11.6 Å². The summed E-state index contributed by atoms with van der Waals surface area (Å²) < 4.78 is 27.3. The van der Waals surface area contributed by atoms with Gasteiger partial charge in [-0.25, -0.2) is 13.6 Å². The number of nitrogens with one attached hydrogen (secondary N) is 1. The highest BCUT2D eigenvalue weighted by atomic mass is 19.1. The molecule has 2 aliphatic rings. The van der Waals surface area contributed by atoms with E-state index in [4.69, 9.17) is 4.84 Å². The Morgan fingerprint density at radius 3 is 3.00 bits per heavy atom. The average Bonchev–Trinajstić information content (AvgIpc) is 3.10. The first kappa shape index (κ1) is 14.7. The number of hydrogen-bond acceptors (Lipinski definition) is 3. The van der Waals surface area contributed by atoms with Gasteiger partial charge in [0.05, 0.1) is 6.04 Å². The third-order valence-electron chi connectivity index (χ3n) is 3.91. The molecule has 2 heterocycles. The number of hydrogen-bond donors (Lipinski definition) is 1. The maximum absolute atomic E-state index is 13.9. The second-order valence-electron chi connectivity index (χ2n) is 5.61. The lowest BCUT2D eigenvalue weighted by atomic mass is 10.0. The molecule has 1 N–H and O–H groups in total. The van der Waals surface area contributed by atoms with Gasteiger partial charge in [0.15, 0.2) is 5.84 Å². The summed E-state index contributed by atoms with van der Waals surface area (Å²) in [6, 6.07) is 2.50. The quantitative estimate of drug-likeness (QED) is 0.867. The highest BCUT2D eigenvalue weighted by Gasteiger charge is 2.33. The fourth-order valence-corrected chi connectivity index (χ4v) is 2.87. The molecule has 2 unspecified atom stereocenters. The molecule has 5 nitrogen and oxygen atoms in total. The van der Waals surface area contributed by atoms with Crippen molar-refractivity contribution in [3.8, 4) is 0 Å². The Morgan fingerprint density at radius 2 is 2.27 bits per heavy atom. The second kappa shape index (κ2) is 5.90. The number of urea groups is 1. The molecule has 0 aliphatic carbocycles. The van der Waals surface area contributed by atoms with Gasteiger partial charge in [0.1, 0.15) is 17.7 Å². The maximum Gasteiger partial charge on any atom is 0.323 e. The molecule has 2 aliphatic heterocycles. The largest absolute Gasteiger partial charge is 0.391 e. The molecule has 3 rings (SSSR count). The minimum atomic E-state index is -0.508. The zero-order chi connectivity index (χ0) is 15.7. The number of amides is 2. The molecule has 1 saturated heterocycles. The number of oxime groups is 1. The number of amidine groups is 1. The van der Waals surface area contributed by atoms with Crippen LogP contribution in [0.5, 0.6) is 0 Å². The van der Waals surface area contributed by atoms with Crippen LogP contribution in [0.4, 0.5) is 13.6 Å². The summed E-state index contributed by atoms with van der Waals surface area (Å²) in [5.41, 5.74) is 0.214. The monoisotopic (exact) mass is 309 g/mol. The van der Waals surface area contributed by atoms with Crippen LogP contribution in [0.2, 0.25) is 0 Å². The lowest BCUT2D eigenvalue weighted by molar-refractivity contribution is 0.0994. The van der Waals surface area contributed by atoms with Crippen molar-refractivity contribution in [1.82, 2.24) is 10.2 Å². The first-order valence-electron chi connectivity index (χ1n) is 7.30. The Morgan fingerprint density at radius 1 is 1.45 bits per heavy atom. The molecule has 0 saturated carbocycles. The summed E-state index contributed by atoms with van der Waals surface area (Å²) in [4.78, 5) is 18.9. The number of likely N-dealkylation sites (tertiary alicyclic amines) is 1. The van der Waals surface area contributed by atoms with Crippen molar-refractivity contribution in [2.45, 2.75) is 38.3 Å².